The van der Waals surface area contributed by atoms with Crippen molar-refractivity contribution in [3.63, 3.8) is 0 Å². The Hall–Kier alpha value is -2.02. The molecule has 0 spiro atoms. The van der Waals surface area contributed by atoms with Crippen molar-refractivity contribution in [1.82, 2.24) is 19.9 Å². The zero-order chi connectivity index (χ0) is 17.1. The predicted octanol–water partition coefficient (Wildman–Crippen LogP) is 2.14. The van der Waals surface area contributed by atoms with Gasteiger partial charge in [-0.05, 0) is 33.3 Å². The summed E-state index contributed by atoms with van der Waals surface area (Å²) in [6, 6.07) is 1.98. The summed E-state index contributed by atoms with van der Waals surface area (Å²) in [4.78, 5) is 31.0. The molecule has 128 valence electrons. The van der Waals surface area contributed by atoms with E-state index in [1.54, 1.807) is 11.3 Å². The lowest BCUT2D eigenvalue weighted by Gasteiger charge is -2.35. The van der Waals surface area contributed by atoms with Crippen molar-refractivity contribution in [3.8, 4) is 0 Å². The molecule has 3 heterocycles. The maximum absolute atomic E-state index is 12.4. The van der Waals surface area contributed by atoms with Crippen LogP contribution < -0.4 is 4.90 Å². The van der Waals surface area contributed by atoms with Gasteiger partial charge < -0.3 is 9.80 Å². The zero-order valence-electron chi connectivity index (χ0n) is 14.4. The number of carbonyl (C=O) groups is 1. The van der Waals surface area contributed by atoms with Gasteiger partial charge in [-0.15, -0.1) is 11.3 Å². The summed E-state index contributed by atoms with van der Waals surface area (Å²) < 4.78 is 0. The lowest BCUT2D eigenvalue weighted by molar-refractivity contribution is -0.131. The Morgan fingerprint density at radius 3 is 2.38 bits per heavy atom. The number of hydrogen-bond donors (Lipinski definition) is 0. The van der Waals surface area contributed by atoms with Crippen molar-refractivity contribution in [2.75, 3.05) is 31.1 Å². The van der Waals surface area contributed by atoms with E-state index in [-0.39, 0.29) is 5.91 Å². The van der Waals surface area contributed by atoms with Gasteiger partial charge in [0.25, 0.3) is 0 Å². The van der Waals surface area contributed by atoms with Gasteiger partial charge in [-0.1, -0.05) is 0 Å². The fourth-order valence-corrected chi connectivity index (χ4v) is 3.73. The molecule has 1 amide bonds. The molecule has 0 unspecified atom stereocenters. The Balaban J connectivity index is 1.52. The number of aromatic nitrogens is 3. The molecule has 24 heavy (non-hydrogen) atoms. The van der Waals surface area contributed by atoms with E-state index >= 15 is 0 Å². The van der Waals surface area contributed by atoms with Crippen LogP contribution in [0.4, 0.5) is 5.95 Å². The van der Waals surface area contributed by atoms with Crippen LogP contribution >= 0.6 is 11.3 Å². The summed E-state index contributed by atoms with van der Waals surface area (Å²) in [6.45, 7) is 9.01. The zero-order valence-corrected chi connectivity index (χ0v) is 15.3. The average molecular weight is 345 g/mol. The van der Waals surface area contributed by atoms with Gasteiger partial charge in [0.2, 0.25) is 11.9 Å². The lowest BCUT2D eigenvalue weighted by Crippen LogP contribution is -2.49. The fraction of sp³-hybridized carbons (Fsp3) is 0.529. The largest absolute Gasteiger partial charge is 0.339 e. The smallest absolute Gasteiger partial charge is 0.225 e. The Morgan fingerprint density at radius 2 is 1.79 bits per heavy atom. The first-order valence-electron chi connectivity index (χ1n) is 8.27. The molecule has 2 aromatic rings. The number of nitrogens with zero attached hydrogens (tertiary/aromatic N) is 5. The average Bonchev–Trinajstić information content (AvgIpc) is 2.97. The van der Waals surface area contributed by atoms with E-state index in [4.69, 9.17) is 0 Å². The second-order valence-corrected chi connectivity index (χ2v) is 7.12. The van der Waals surface area contributed by atoms with Gasteiger partial charge in [0.1, 0.15) is 0 Å². The van der Waals surface area contributed by atoms with Crippen LogP contribution in [0.25, 0.3) is 0 Å². The van der Waals surface area contributed by atoms with E-state index in [1.807, 2.05) is 37.2 Å². The minimum Gasteiger partial charge on any atom is -0.339 e. The first-order chi connectivity index (χ1) is 11.5. The van der Waals surface area contributed by atoms with Gasteiger partial charge in [-0.3, -0.25) is 4.79 Å². The molecule has 2 aromatic heterocycles. The van der Waals surface area contributed by atoms with Crippen LogP contribution in [-0.2, 0) is 11.2 Å². The van der Waals surface area contributed by atoms with E-state index in [0.29, 0.717) is 6.42 Å². The number of carbonyl (C=O) groups excluding carboxylic acids is 1. The molecule has 1 aliphatic heterocycles. The summed E-state index contributed by atoms with van der Waals surface area (Å²) in [5.74, 6) is 1.00. The third-order valence-corrected chi connectivity index (χ3v) is 5.29. The lowest BCUT2D eigenvalue weighted by atomic mass is 10.2. The molecule has 1 fully saturated rings. The van der Waals surface area contributed by atoms with Gasteiger partial charge in [0.15, 0.2) is 0 Å². The van der Waals surface area contributed by atoms with Crippen LogP contribution in [0.1, 0.15) is 28.4 Å². The highest BCUT2D eigenvalue weighted by atomic mass is 32.1. The Bertz CT molecular complexity index is 701. The van der Waals surface area contributed by atoms with E-state index in [0.717, 1.165) is 55.6 Å². The van der Waals surface area contributed by atoms with Crippen LogP contribution in [0.2, 0.25) is 0 Å². The molecule has 0 aliphatic carbocycles. The summed E-state index contributed by atoms with van der Waals surface area (Å²) >= 11 is 1.63. The summed E-state index contributed by atoms with van der Waals surface area (Å²) in [5, 5.41) is 0. The third kappa shape index (κ3) is 3.90. The highest BCUT2D eigenvalue weighted by Crippen LogP contribution is 2.17. The predicted molar refractivity (Wildman–Crippen MR) is 95.5 cm³/mol. The number of thiazole rings is 1. The fourth-order valence-electron chi connectivity index (χ4n) is 2.95. The van der Waals surface area contributed by atoms with Crippen molar-refractivity contribution in [2.24, 2.45) is 0 Å². The van der Waals surface area contributed by atoms with Crippen molar-refractivity contribution >= 4 is 23.2 Å². The summed E-state index contributed by atoms with van der Waals surface area (Å²) in [5.41, 5.74) is 4.86. The Morgan fingerprint density at radius 1 is 1.12 bits per heavy atom. The first-order valence-corrected chi connectivity index (χ1v) is 9.15. The number of amides is 1. The van der Waals surface area contributed by atoms with Crippen LogP contribution in [0.5, 0.6) is 0 Å². The number of hydrogen-bond acceptors (Lipinski definition) is 6. The van der Waals surface area contributed by atoms with Crippen molar-refractivity contribution in [1.29, 1.82) is 0 Å². The molecule has 6 nitrogen and oxygen atoms in total. The van der Waals surface area contributed by atoms with Gasteiger partial charge >= 0.3 is 0 Å². The van der Waals surface area contributed by atoms with Gasteiger partial charge in [0, 0.05) is 48.9 Å². The minimum atomic E-state index is 0.226. The van der Waals surface area contributed by atoms with Crippen LogP contribution in [0.15, 0.2) is 11.6 Å². The highest BCUT2D eigenvalue weighted by molar-refractivity contribution is 7.09. The van der Waals surface area contributed by atoms with Crippen LogP contribution in [0.3, 0.4) is 0 Å². The third-order valence-electron chi connectivity index (χ3n) is 4.30. The van der Waals surface area contributed by atoms with Crippen molar-refractivity contribution < 1.29 is 4.79 Å². The molecular weight excluding hydrogens is 322 g/mol. The monoisotopic (exact) mass is 345 g/mol. The van der Waals surface area contributed by atoms with Crippen molar-refractivity contribution in [3.05, 3.63) is 33.5 Å². The Kier molecular flexibility index (Phi) is 5.08. The first kappa shape index (κ1) is 16.8. The number of piperazine rings is 1. The molecule has 7 heteroatoms. The second-order valence-electron chi connectivity index (χ2n) is 6.18. The Labute approximate surface area is 146 Å². The number of aryl methyl sites for hydroxylation is 4. The maximum Gasteiger partial charge on any atom is 0.225 e. The quantitative estimate of drug-likeness (QED) is 0.849. The normalized spacial score (nSPS) is 15.0. The summed E-state index contributed by atoms with van der Waals surface area (Å²) in [6.07, 6.45) is 1.35. The van der Waals surface area contributed by atoms with E-state index in [2.05, 4.69) is 19.9 Å². The summed E-state index contributed by atoms with van der Waals surface area (Å²) in [7, 11) is 0. The van der Waals surface area contributed by atoms with E-state index < -0.39 is 0 Å². The molecular formula is C17H23N5OS. The molecule has 0 saturated carbocycles. The van der Waals surface area contributed by atoms with E-state index in [9.17, 15) is 4.79 Å². The van der Waals surface area contributed by atoms with Crippen molar-refractivity contribution in [2.45, 2.75) is 33.6 Å². The van der Waals surface area contributed by atoms with Gasteiger partial charge in [-0.2, -0.15) is 0 Å². The molecule has 1 saturated heterocycles. The number of rotatable bonds is 4. The topological polar surface area (TPSA) is 62.2 Å². The SMILES string of the molecule is Cc1cc(C)nc(N2CCN(C(=O)CCc3scnc3C)CC2)n1. The molecule has 0 bridgehead atoms. The molecule has 1 aliphatic rings. The standard InChI is InChI=1S/C17H23N5OS/c1-12-10-13(2)20-17(19-12)22-8-6-21(7-9-22)16(23)5-4-15-14(3)18-11-24-15/h10-11H,4-9H2,1-3H3. The molecule has 3 rings (SSSR count). The van der Waals surface area contributed by atoms with Gasteiger partial charge in [0.05, 0.1) is 11.2 Å². The number of anilines is 1. The molecule has 0 radical (unpaired) electrons. The van der Waals surface area contributed by atoms with E-state index in [1.165, 1.54) is 4.88 Å². The second kappa shape index (κ2) is 7.25. The maximum atomic E-state index is 12.4. The van der Waals surface area contributed by atoms with Gasteiger partial charge in [-0.25, -0.2) is 15.0 Å². The molecule has 0 N–H and O–H groups in total. The highest BCUT2D eigenvalue weighted by Gasteiger charge is 2.22. The molecule has 0 atom stereocenters. The van der Waals surface area contributed by atoms with Crippen LogP contribution in [-0.4, -0.2) is 51.9 Å². The molecule has 0 aromatic carbocycles. The minimum absolute atomic E-state index is 0.226. The van der Waals surface area contributed by atoms with Crippen LogP contribution in [0, 0.1) is 20.8 Å².